The summed E-state index contributed by atoms with van der Waals surface area (Å²) in [7, 11) is 3.89. The minimum atomic E-state index is -0.388. The minimum Gasteiger partial charge on any atom is -0.493 e. The predicted molar refractivity (Wildman–Crippen MR) is 134 cm³/mol. The molecular weight excluding hydrogens is 446 g/mol. The summed E-state index contributed by atoms with van der Waals surface area (Å²) in [6.45, 7) is 3.66. The largest absolute Gasteiger partial charge is 0.493 e. The minimum absolute atomic E-state index is 0.0683. The van der Waals surface area contributed by atoms with E-state index >= 15 is 0 Å². The number of benzene rings is 2. The van der Waals surface area contributed by atoms with Crippen molar-refractivity contribution < 1.29 is 23.2 Å². The second-order valence-electron chi connectivity index (χ2n) is 8.29. The van der Waals surface area contributed by atoms with Gasteiger partial charge in [0.05, 0.1) is 25.0 Å². The molecule has 4 rings (SSSR count). The van der Waals surface area contributed by atoms with Crippen LogP contribution in [0, 0.1) is 0 Å². The number of carbonyl (C=O) groups excluding carboxylic acids is 2. The lowest BCUT2D eigenvalue weighted by atomic mass is 10.1. The van der Waals surface area contributed by atoms with Crippen molar-refractivity contribution in [2.45, 2.75) is 13.5 Å². The number of rotatable bonds is 10. The summed E-state index contributed by atoms with van der Waals surface area (Å²) in [5.41, 5.74) is 1.21. The second kappa shape index (κ2) is 10.9. The number of amides is 2. The number of ether oxygens (including phenoxy) is 1. The number of anilines is 1. The van der Waals surface area contributed by atoms with Gasteiger partial charge in [-0.2, -0.15) is 0 Å². The molecule has 182 valence electrons. The number of fused-ring (bicyclic) bond motifs is 1. The molecule has 2 aromatic heterocycles. The number of likely N-dealkylation sites (N-methyl/N-ethyl adjacent to an activating group) is 1. The average Bonchev–Trinajstić information content (AvgIpc) is 3.50. The highest BCUT2D eigenvalue weighted by atomic mass is 16.5. The molecule has 8 nitrogen and oxygen atoms in total. The van der Waals surface area contributed by atoms with Gasteiger partial charge in [0.15, 0.2) is 0 Å². The monoisotopic (exact) mass is 475 g/mol. The van der Waals surface area contributed by atoms with Crippen molar-refractivity contribution >= 4 is 28.5 Å². The molecule has 0 aliphatic heterocycles. The van der Waals surface area contributed by atoms with Crippen molar-refractivity contribution in [3.8, 4) is 5.75 Å². The standard InChI is InChI=1S/C27H29N3O5/c1-4-33-22-13-7-6-12-21(22)26(31)28-24-20-11-5-8-14-23(20)35-25(24)27(32)30(16-15-29(2)3)18-19-10-9-17-34-19/h5-14,17H,4,15-16,18H2,1-3H3,(H,28,31). The lowest BCUT2D eigenvalue weighted by Gasteiger charge is -2.23. The Morgan fingerprint density at radius 3 is 2.49 bits per heavy atom. The van der Waals surface area contributed by atoms with Crippen LogP contribution < -0.4 is 10.1 Å². The quantitative estimate of drug-likeness (QED) is 0.352. The van der Waals surface area contributed by atoms with E-state index in [1.165, 1.54) is 0 Å². The van der Waals surface area contributed by atoms with E-state index in [0.29, 0.717) is 53.4 Å². The van der Waals surface area contributed by atoms with Gasteiger partial charge in [-0.1, -0.05) is 24.3 Å². The van der Waals surface area contributed by atoms with Gasteiger partial charge in [0, 0.05) is 18.5 Å². The van der Waals surface area contributed by atoms with Crippen molar-refractivity contribution in [1.29, 1.82) is 0 Å². The Labute approximate surface area is 204 Å². The van der Waals surface area contributed by atoms with E-state index < -0.39 is 0 Å². The molecule has 0 unspecified atom stereocenters. The van der Waals surface area contributed by atoms with Gasteiger partial charge >= 0.3 is 0 Å². The Morgan fingerprint density at radius 1 is 0.971 bits per heavy atom. The van der Waals surface area contributed by atoms with Gasteiger partial charge < -0.3 is 28.7 Å². The molecule has 0 saturated carbocycles. The van der Waals surface area contributed by atoms with Crippen LogP contribution >= 0.6 is 0 Å². The molecule has 0 aliphatic carbocycles. The van der Waals surface area contributed by atoms with Gasteiger partial charge in [0.25, 0.3) is 11.8 Å². The number of carbonyl (C=O) groups is 2. The molecular formula is C27H29N3O5. The highest BCUT2D eigenvalue weighted by Gasteiger charge is 2.28. The van der Waals surface area contributed by atoms with Crippen LogP contribution in [0.1, 0.15) is 33.6 Å². The molecule has 2 heterocycles. The Bertz CT molecular complexity index is 1290. The first-order valence-corrected chi connectivity index (χ1v) is 11.5. The molecule has 0 radical (unpaired) electrons. The number of hydrogen-bond acceptors (Lipinski definition) is 6. The van der Waals surface area contributed by atoms with E-state index in [2.05, 4.69) is 5.32 Å². The summed E-state index contributed by atoms with van der Waals surface area (Å²) in [6.07, 6.45) is 1.58. The summed E-state index contributed by atoms with van der Waals surface area (Å²) in [6, 6.07) is 17.8. The molecule has 0 bridgehead atoms. The first kappa shape index (κ1) is 24.1. The zero-order valence-corrected chi connectivity index (χ0v) is 20.1. The van der Waals surface area contributed by atoms with Crippen LogP contribution in [0.3, 0.4) is 0 Å². The van der Waals surface area contributed by atoms with E-state index in [4.69, 9.17) is 13.6 Å². The van der Waals surface area contributed by atoms with E-state index in [0.717, 1.165) is 0 Å². The smallest absolute Gasteiger partial charge is 0.292 e. The predicted octanol–water partition coefficient (Wildman–Crippen LogP) is 4.88. The highest BCUT2D eigenvalue weighted by Crippen LogP contribution is 2.33. The van der Waals surface area contributed by atoms with Crippen LogP contribution in [0.4, 0.5) is 5.69 Å². The molecule has 0 spiro atoms. The fourth-order valence-electron chi connectivity index (χ4n) is 3.74. The molecule has 0 saturated heterocycles. The van der Waals surface area contributed by atoms with Crippen molar-refractivity contribution in [3.05, 3.63) is 84.0 Å². The normalized spacial score (nSPS) is 11.1. The molecule has 35 heavy (non-hydrogen) atoms. The molecule has 2 aromatic carbocycles. The fraction of sp³-hybridized carbons (Fsp3) is 0.259. The van der Waals surface area contributed by atoms with E-state index in [1.54, 1.807) is 47.6 Å². The van der Waals surface area contributed by atoms with E-state index in [9.17, 15) is 9.59 Å². The molecule has 1 N–H and O–H groups in total. The number of para-hydroxylation sites is 2. The van der Waals surface area contributed by atoms with Crippen molar-refractivity contribution in [1.82, 2.24) is 9.80 Å². The maximum absolute atomic E-state index is 13.8. The number of nitrogens with one attached hydrogen (secondary N) is 1. The van der Waals surface area contributed by atoms with Gasteiger partial charge in [0.1, 0.15) is 22.8 Å². The van der Waals surface area contributed by atoms with E-state index in [-0.39, 0.29) is 24.1 Å². The lowest BCUT2D eigenvalue weighted by molar-refractivity contribution is 0.0691. The third-order valence-corrected chi connectivity index (χ3v) is 5.49. The van der Waals surface area contributed by atoms with Crippen LogP contribution in [0.2, 0.25) is 0 Å². The Balaban J connectivity index is 1.71. The first-order valence-electron chi connectivity index (χ1n) is 11.5. The van der Waals surface area contributed by atoms with Crippen LogP contribution in [0.25, 0.3) is 11.0 Å². The lowest BCUT2D eigenvalue weighted by Crippen LogP contribution is -2.36. The summed E-state index contributed by atoms with van der Waals surface area (Å²) >= 11 is 0. The number of furan rings is 2. The van der Waals surface area contributed by atoms with Gasteiger partial charge in [-0.25, -0.2) is 0 Å². The maximum Gasteiger partial charge on any atom is 0.292 e. The summed E-state index contributed by atoms with van der Waals surface area (Å²) < 4.78 is 17.1. The molecule has 0 atom stereocenters. The van der Waals surface area contributed by atoms with Crippen molar-refractivity contribution in [2.75, 3.05) is 39.1 Å². The topological polar surface area (TPSA) is 88.2 Å². The molecule has 0 aliphatic rings. The van der Waals surface area contributed by atoms with Crippen molar-refractivity contribution in [2.24, 2.45) is 0 Å². The molecule has 8 heteroatoms. The first-order chi connectivity index (χ1) is 17.0. The zero-order chi connectivity index (χ0) is 24.8. The Kier molecular flexibility index (Phi) is 7.52. The van der Waals surface area contributed by atoms with Crippen LogP contribution in [0.15, 0.2) is 75.8 Å². The Morgan fingerprint density at radius 2 is 1.74 bits per heavy atom. The zero-order valence-electron chi connectivity index (χ0n) is 20.1. The summed E-state index contributed by atoms with van der Waals surface area (Å²) in [4.78, 5) is 30.7. The Hall–Kier alpha value is -4.04. The van der Waals surface area contributed by atoms with Crippen LogP contribution in [-0.4, -0.2) is 55.4 Å². The third kappa shape index (κ3) is 5.55. The van der Waals surface area contributed by atoms with Crippen molar-refractivity contribution in [3.63, 3.8) is 0 Å². The summed E-state index contributed by atoms with van der Waals surface area (Å²) in [5.74, 6) is 0.468. The summed E-state index contributed by atoms with van der Waals surface area (Å²) in [5, 5.41) is 3.56. The second-order valence-corrected chi connectivity index (χ2v) is 8.29. The van der Waals surface area contributed by atoms with Gasteiger partial charge in [0.2, 0.25) is 5.76 Å². The fourth-order valence-corrected chi connectivity index (χ4v) is 3.74. The highest BCUT2D eigenvalue weighted by molar-refractivity contribution is 6.15. The number of nitrogens with zero attached hydrogens (tertiary/aromatic N) is 2. The van der Waals surface area contributed by atoms with Crippen LogP contribution in [-0.2, 0) is 6.54 Å². The van der Waals surface area contributed by atoms with E-state index in [1.807, 2.05) is 50.2 Å². The molecule has 4 aromatic rings. The third-order valence-electron chi connectivity index (χ3n) is 5.49. The average molecular weight is 476 g/mol. The maximum atomic E-state index is 13.8. The van der Waals surface area contributed by atoms with Gasteiger partial charge in [-0.3, -0.25) is 9.59 Å². The van der Waals surface area contributed by atoms with Gasteiger partial charge in [-0.05, 0) is 57.4 Å². The molecule has 0 fully saturated rings. The van der Waals surface area contributed by atoms with Crippen LogP contribution in [0.5, 0.6) is 5.75 Å². The SMILES string of the molecule is CCOc1ccccc1C(=O)Nc1c(C(=O)N(CCN(C)C)Cc2ccco2)oc2ccccc12. The number of hydrogen-bond donors (Lipinski definition) is 1. The molecule has 2 amide bonds. The van der Waals surface area contributed by atoms with Gasteiger partial charge in [-0.15, -0.1) is 0 Å².